The lowest BCUT2D eigenvalue weighted by molar-refractivity contribution is -0.119. The molecule has 1 amide bonds. The van der Waals surface area contributed by atoms with Crippen LogP contribution in [-0.4, -0.2) is 25.1 Å². The van der Waals surface area contributed by atoms with Crippen molar-refractivity contribution in [3.05, 3.63) is 89.7 Å². The van der Waals surface area contributed by atoms with Crippen LogP contribution in [0, 0.1) is 5.82 Å². The number of ether oxygens (including phenoxy) is 3. The van der Waals surface area contributed by atoms with Crippen molar-refractivity contribution in [3.63, 3.8) is 0 Å². The summed E-state index contributed by atoms with van der Waals surface area (Å²) in [6.07, 6.45) is 0. The van der Waals surface area contributed by atoms with E-state index in [-0.39, 0.29) is 29.4 Å². The van der Waals surface area contributed by atoms with Crippen molar-refractivity contribution in [2.75, 3.05) is 11.9 Å². The summed E-state index contributed by atoms with van der Waals surface area (Å²) in [4.78, 5) is 24.3. The van der Waals surface area contributed by atoms with E-state index in [9.17, 15) is 22.8 Å². The molecule has 0 radical (unpaired) electrons. The molecule has 3 aromatic carbocycles. The van der Waals surface area contributed by atoms with Crippen molar-refractivity contribution >= 4 is 17.6 Å². The fraction of sp³-hybridized carbons (Fsp3) is 0.130. The molecule has 0 spiro atoms. The van der Waals surface area contributed by atoms with Crippen LogP contribution >= 0.6 is 0 Å². The molecule has 0 saturated carbocycles. The first-order valence-electron chi connectivity index (χ1n) is 9.39. The molecule has 0 aliphatic carbocycles. The van der Waals surface area contributed by atoms with Crippen molar-refractivity contribution in [1.82, 2.24) is 0 Å². The fourth-order valence-electron chi connectivity index (χ4n) is 2.63. The maximum atomic E-state index is 13.0. The summed E-state index contributed by atoms with van der Waals surface area (Å²) in [5, 5.41) is 2.35. The highest BCUT2D eigenvalue weighted by atomic mass is 19.3. The molecule has 0 aromatic heterocycles. The average Bonchev–Trinajstić information content (AvgIpc) is 2.78. The minimum atomic E-state index is -3.05. The van der Waals surface area contributed by atoms with E-state index in [4.69, 9.17) is 9.47 Å². The van der Waals surface area contributed by atoms with Gasteiger partial charge in [0, 0.05) is 0 Å². The Balaban J connectivity index is 1.53. The number of alkyl halides is 2. The molecule has 0 saturated heterocycles. The molecule has 0 bridgehead atoms. The van der Waals surface area contributed by atoms with Gasteiger partial charge >= 0.3 is 12.6 Å². The zero-order valence-electron chi connectivity index (χ0n) is 16.6. The van der Waals surface area contributed by atoms with Gasteiger partial charge in [0.2, 0.25) is 0 Å². The standard InChI is InChI=1S/C23H18F3NO5/c24-17-10-8-15(9-11-17)13-30-18-5-3-4-16(12-18)22(29)31-14-21(28)27-19-6-1-2-7-20(19)32-23(25)26/h1-12,23H,13-14H2,(H,27,28). The highest BCUT2D eigenvalue weighted by molar-refractivity contribution is 5.96. The summed E-state index contributed by atoms with van der Waals surface area (Å²) in [5.74, 6) is -1.69. The van der Waals surface area contributed by atoms with Gasteiger partial charge in [0.05, 0.1) is 11.3 Å². The van der Waals surface area contributed by atoms with Crippen LogP contribution in [0.5, 0.6) is 11.5 Å². The SMILES string of the molecule is O=C(COC(=O)c1cccc(OCc2ccc(F)cc2)c1)Nc1ccccc1OC(F)F. The van der Waals surface area contributed by atoms with E-state index in [0.29, 0.717) is 5.75 Å². The molecule has 6 nitrogen and oxygen atoms in total. The summed E-state index contributed by atoms with van der Waals surface area (Å²) in [5.41, 5.74) is 0.910. The van der Waals surface area contributed by atoms with Crippen LogP contribution in [0.3, 0.4) is 0 Å². The molecule has 166 valence electrons. The lowest BCUT2D eigenvalue weighted by atomic mass is 10.2. The summed E-state index contributed by atoms with van der Waals surface area (Å²) >= 11 is 0. The third-order valence-electron chi connectivity index (χ3n) is 4.10. The minimum absolute atomic E-state index is 0.0186. The lowest BCUT2D eigenvalue weighted by Crippen LogP contribution is -2.21. The van der Waals surface area contributed by atoms with Crippen LogP contribution in [0.4, 0.5) is 18.9 Å². The van der Waals surface area contributed by atoms with E-state index in [1.54, 1.807) is 24.3 Å². The lowest BCUT2D eigenvalue weighted by Gasteiger charge is -2.12. The highest BCUT2D eigenvalue weighted by Gasteiger charge is 2.14. The van der Waals surface area contributed by atoms with Gasteiger partial charge in [-0.05, 0) is 48.0 Å². The second kappa shape index (κ2) is 10.9. The van der Waals surface area contributed by atoms with Crippen molar-refractivity contribution < 1.29 is 37.0 Å². The molecule has 0 aliphatic heterocycles. The molecule has 0 aliphatic rings. The predicted octanol–water partition coefficient (Wildman–Crippen LogP) is 4.80. The third kappa shape index (κ3) is 6.76. The number of carbonyl (C=O) groups excluding carboxylic acids is 2. The molecule has 0 fully saturated rings. The first-order chi connectivity index (χ1) is 15.4. The first-order valence-corrected chi connectivity index (χ1v) is 9.39. The fourth-order valence-corrected chi connectivity index (χ4v) is 2.63. The summed E-state index contributed by atoms with van der Waals surface area (Å²) in [6, 6.07) is 17.6. The molecule has 0 heterocycles. The van der Waals surface area contributed by atoms with Crippen LogP contribution in [0.1, 0.15) is 15.9 Å². The Morgan fingerprint density at radius 1 is 0.938 bits per heavy atom. The van der Waals surface area contributed by atoms with Gasteiger partial charge in [-0.25, -0.2) is 9.18 Å². The number of amides is 1. The van der Waals surface area contributed by atoms with E-state index in [1.165, 1.54) is 48.5 Å². The Hall–Kier alpha value is -4.01. The van der Waals surface area contributed by atoms with Crippen molar-refractivity contribution in [3.8, 4) is 11.5 Å². The number of hydrogen-bond acceptors (Lipinski definition) is 5. The quantitative estimate of drug-likeness (QED) is 0.479. The molecule has 32 heavy (non-hydrogen) atoms. The Morgan fingerprint density at radius 3 is 2.44 bits per heavy atom. The molecular weight excluding hydrogens is 427 g/mol. The summed E-state index contributed by atoms with van der Waals surface area (Å²) in [7, 11) is 0. The topological polar surface area (TPSA) is 73.9 Å². The first kappa shape index (κ1) is 22.7. The van der Waals surface area contributed by atoms with Crippen LogP contribution in [0.15, 0.2) is 72.8 Å². The second-order valence-corrected chi connectivity index (χ2v) is 6.44. The normalized spacial score (nSPS) is 10.5. The van der Waals surface area contributed by atoms with Crippen LogP contribution in [0.25, 0.3) is 0 Å². The zero-order chi connectivity index (χ0) is 22.9. The number of halogens is 3. The maximum absolute atomic E-state index is 13.0. The number of carbonyl (C=O) groups is 2. The average molecular weight is 445 g/mol. The predicted molar refractivity (Wildman–Crippen MR) is 109 cm³/mol. The third-order valence-corrected chi connectivity index (χ3v) is 4.10. The number of benzene rings is 3. The molecule has 0 atom stereocenters. The van der Waals surface area contributed by atoms with E-state index >= 15 is 0 Å². The summed E-state index contributed by atoms with van der Waals surface area (Å²) < 4.78 is 52.7. The van der Waals surface area contributed by atoms with Crippen molar-refractivity contribution in [1.29, 1.82) is 0 Å². The zero-order valence-corrected chi connectivity index (χ0v) is 16.6. The molecule has 9 heteroatoms. The Labute approximate surface area is 181 Å². The van der Waals surface area contributed by atoms with Crippen LogP contribution in [-0.2, 0) is 16.1 Å². The smallest absolute Gasteiger partial charge is 0.387 e. The van der Waals surface area contributed by atoms with Crippen LogP contribution < -0.4 is 14.8 Å². The number of esters is 1. The van der Waals surface area contributed by atoms with Gasteiger partial charge in [0.15, 0.2) is 6.61 Å². The Kier molecular flexibility index (Phi) is 7.69. The highest BCUT2D eigenvalue weighted by Crippen LogP contribution is 2.25. The number of rotatable bonds is 9. The molecule has 3 rings (SSSR count). The van der Waals surface area contributed by atoms with Gasteiger partial charge in [-0.1, -0.05) is 30.3 Å². The van der Waals surface area contributed by atoms with Gasteiger partial charge < -0.3 is 19.5 Å². The minimum Gasteiger partial charge on any atom is -0.489 e. The van der Waals surface area contributed by atoms with Gasteiger partial charge in [-0.15, -0.1) is 0 Å². The van der Waals surface area contributed by atoms with Gasteiger partial charge in [0.1, 0.15) is 23.9 Å². The number of para-hydroxylation sites is 2. The number of hydrogen-bond donors (Lipinski definition) is 1. The maximum Gasteiger partial charge on any atom is 0.387 e. The number of nitrogens with one attached hydrogen (secondary N) is 1. The van der Waals surface area contributed by atoms with Crippen molar-refractivity contribution in [2.45, 2.75) is 13.2 Å². The molecule has 3 aromatic rings. The largest absolute Gasteiger partial charge is 0.489 e. The molecule has 1 N–H and O–H groups in total. The Morgan fingerprint density at radius 2 is 1.69 bits per heavy atom. The van der Waals surface area contributed by atoms with Crippen LogP contribution in [0.2, 0.25) is 0 Å². The van der Waals surface area contributed by atoms with E-state index in [2.05, 4.69) is 10.1 Å². The van der Waals surface area contributed by atoms with E-state index < -0.39 is 25.1 Å². The summed E-state index contributed by atoms with van der Waals surface area (Å²) in [6.45, 7) is -3.52. The van der Waals surface area contributed by atoms with Gasteiger partial charge in [-0.3, -0.25) is 4.79 Å². The van der Waals surface area contributed by atoms with Crippen molar-refractivity contribution in [2.24, 2.45) is 0 Å². The van der Waals surface area contributed by atoms with E-state index in [1.807, 2.05) is 0 Å². The molecule has 0 unspecified atom stereocenters. The molecular formula is C23H18F3NO5. The van der Waals surface area contributed by atoms with Gasteiger partial charge in [-0.2, -0.15) is 8.78 Å². The Bertz CT molecular complexity index is 1070. The van der Waals surface area contributed by atoms with E-state index in [0.717, 1.165) is 5.56 Å². The number of anilines is 1. The second-order valence-electron chi connectivity index (χ2n) is 6.44. The monoisotopic (exact) mass is 445 g/mol. The van der Waals surface area contributed by atoms with Gasteiger partial charge in [0.25, 0.3) is 5.91 Å².